The Balaban J connectivity index is 1.97. The molecule has 220 valence electrons. The first-order valence-corrected chi connectivity index (χ1v) is 13.6. The van der Waals surface area contributed by atoms with Gasteiger partial charge in [0.15, 0.2) is 5.82 Å². The largest absolute Gasteiger partial charge is 0.399 e. The molecule has 42 heavy (non-hydrogen) atoms. The Bertz CT molecular complexity index is 1560. The Morgan fingerprint density at radius 1 is 1.21 bits per heavy atom. The molecule has 0 aliphatic carbocycles. The summed E-state index contributed by atoms with van der Waals surface area (Å²) in [6.45, 7) is 12.4. The minimum Gasteiger partial charge on any atom is -0.399 e. The molecule has 3 heterocycles. The van der Waals surface area contributed by atoms with Gasteiger partial charge in [0.25, 0.3) is 0 Å². The van der Waals surface area contributed by atoms with Crippen LogP contribution in [0, 0.1) is 18.6 Å². The average Bonchev–Trinajstić information content (AvgIpc) is 2.96. The van der Waals surface area contributed by atoms with Crippen molar-refractivity contribution >= 4 is 35.3 Å². The second-order valence-corrected chi connectivity index (χ2v) is 10.5. The van der Waals surface area contributed by atoms with E-state index in [1.54, 1.807) is 24.2 Å². The average molecular weight is 576 g/mol. The highest BCUT2D eigenvalue weighted by atomic mass is 19.1. The molecule has 1 aliphatic rings. The van der Waals surface area contributed by atoms with Gasteiger partial charge in [0, 0.05) is 50.2 Å². The fourth-order valence-electron chi connectivity index (χ4n) is 5.26. The molecule has 2 amide bonds. The van der Waals surface area contributed by atoms with Crippen molar-refractivity contribution in [1.29, 1.82) is 0 Å². The van der Waals surface area contributed by atoms with Gasteiger partial charge < -0.3 is 15.5 Å². The van der Waals surface area contributed by atoms with Crippen molar-refractivity contribution in [2.45, 2.75) is 39.7 Å². The quantitative estimate of drug-likeness (QED) is 0.142. The molecule has 1 saturated heterocycles. The summed E-state index contributed by atoms with van der Waals surface area (Å²) in [6, 6.07) is 6.59. The van der Waals surface area contributed by atoms with Gasteiger partial charge in [0.2, 0.25) is 12.3 Å². The van der Waals surface area contributed by atoms with Crippen molar-refractivity contribution in [2.24, 2.45) is 4.99 Å². The maximum absolute atomic E-state index is 15.9. The van der Waals surface area contributed by atoms with Gasteiger partial charge in [-0.25, -0.2) is 13.8 Å². The molecule has 1 aromatic carbocycles. The second kappa shape index (κ2) is 12.5. The van der Waals surface area contributed by atoms with Gasteiger partial charge in [-0.2, -0.15) is 0 Å². The third-order valence-corrected chi connectivity index (χ3v) is 7.32. The van der Waals surface area contributed by atoms with Gasteiger partial charge in [0.05, 0.1) is 16.9 Å². The number of amidine groups is 1. The van der Waals surface area contributed by atoms with Crippen LogP contribution in [-0.4, -0.2) is 70.6 Å². The van der Waals surface area contributed by atoms with Crippen molar-refractivity contribution in [3.05, 3.63) is 77.6 Å². The number of aliphatic imine (C=N–C) groups is 1. The lowest BCUT2D eigenvalue weighted by molar-refractivity contribution is -0.128. The number of hydrogen-bond donors (Lipinski definition) is 1. The molecule has 2 aromatic heterocycles. The van der Waals surface area contributed by atoms with Crippen molar-refractivity contribution in [3.63, 3.8) is 0 Å². The lowest BCUT2D eigenvalue weighted by Gasteiger charge is -2.41. The third-order valence-electron chi connectivity index (χ3n) is 7.32. The van der Waals surface area contributed by atoms with E-state index < -0.39 is 11.6 Å². The van der Waals surface area contributed by atoms with Crippen molar-refractivity contribution in [1.82, 2.24) is 19.8 Å². The molecule has 1 aliphatic heterocycles. The first-order chi connectivity index (χ1) is 20.0. The first-order valence-electron chi connectivity index (χ1n) is 13.6. The molecule has 0 radical (unpaired) electrons. The van der Waals surface area contributed by atoms with E-state index in [9.17, 15) is 14.0 Å². The van der Waals surface area contributed by atoms with E-state index in [-0.39, 0.29) is 46.2 Å². The fourth-order valence-corrected chi connectivity index (χ4v) is 5.26. The molecule has 2 N–H and O–H groups in total. The molecule has 0 bridgehead atoms. The van der Waals surface area contributed by atoms with E-state index >= 15 is 4.39 Å². The summed E-state index contributed by atoms with van der Waals surface area (Å²) in [7, 11) is 1.57. The normalized spacial score (nSPS) is 15.6. The lowest BCUT2D eigenvalue weighted by Crippen LogP contribution is -2.55. The zero-order chi connectivity index (χ0) is 30.7. The molecule has 4 rings (SSSR count). The predicted octanol–water partition coefficient (Wildman–Crippen LogP) is 4.83. The van der Waals surface area contributed by atoms with Crippen LogP contribution >= 0.6 is 0 Å². The second-order valence-electron chi connectivity index (χ2n) is 10.5. The highest BCUT2D eigenvalue weighted by molar-refractivity contribution is 6.07. The smallest absolute Gasteiger partial charge is 0.246 e. The van der Waals surface area contributed by atoms with Crippen LogP contribution in [0.15, 0.2) is 54.2 Å². The number of anilines is 3. The maximum Gasteiger partial charge on any atom is 0.246 e. The fraction of sp³-hybridized carbons (Fsp3) is 0.323. The number of rotatable bonds is 7. The molecule has 1 fully saturated rings. The van der Waals surface area contributed by atoms with Gasteiger partial charge in [-0.05, 0) is 61.7 Å². The molecular weight excluding hydrogens is 540 g/mol. The number of aryl methyl sites for hydroxylation is 1. The minimum absolute atomic E-state index is 0.0543. The molecular formula is C31H35F2N7O2. The van der Waals surface area contributed by atoms with E-state index in [1.807, 2.05) is 32.6 Å². The summed E-state index contributed by atoms with van der Waals surface area (Å²) < 4.78 is 30.9. The summed E-state index contributed by atoms with van der Waals surface area (Å²) in [5.74, 6) is -1.35. The number of halogens is 2. The number of nitrogens with two attached hydrogens (primary N) is 1. The van der Waals surface area contributed by atoms with Crippen LogP contribution in [0.3, 0.4) is 0 Å². The Labute approximate surface area is 244 Å². The zero-order valence-electron chi connectivity index (χ0n) is 24.4. The van der Waals surface area contributed by atoms with Crippen molar-refractivity contribution < 1.29 is 18.4 Å². The van der Waals surface area contributed by atoms with Gasteiger partial charge in [-0.15, -0.1) is 0 Å². The number of aromatic nitrogens is 2. The summed E-state index contributed by atoms with van der Waals surface area (Å²) >= 11 is 0. The van der Waals surface area contributed by atoms with Crippen LogP contribution in [0.1, 0.15) is 43.5 Å². The number of benzene rings is 1. The molecule has 0 spiro atoms. The highest BCUT2D eigenvalue weighted by Gasteiger charge is 2.33. The van der Waals surface area contributed by atoms with Gasteiger partial charge in [0.1, 0.15) is 23.2 Å². The van der Waals surface area contributed by atoms with Crippen LogP contribution < -0.4 is 10.6 Å². The topological polar surface area (TPSA) is 108 Å². The number of amides is 2. The van der Waals surface area contributed by atoms with Crippen LogP contribution in [0.5, 0.6) is 0 Å². The number of pyridine rings is 2. The molecule has 11 heteroatoms. The maximum atomic E-state index is 15.9. The van der Waals surface area contributed by atoms with Crippen LogP contribution in [0.4, 0.5) is 26.0 Å². The van der Waals surface area contributed by atoms with Gasteiger partial charge in [-0.3, -0.25) is 24.5 Å². The van der Waals surface area contributed by atoms with E-state index in [0.29, 0.717) is 43.3 Å². The predicted molar refractivity (Wildman–Crippen MR) is 161 cm³/mol. The third kappa shape index (κ3) is 5.72. The van der Waals surface area contributed by atoms with E-state index in [1.165, 1.54) is 29.2 Å². The molecule has 3 aromatic rings. The number of piperazine rings is 1. The lowest BCUT2D eigenvalue weighted by atomic mass is 10.0. The van der Waals surface area contributed by atoms with E-state index in [2.05, 4.69) is 21.5 Å². The van der Waals surface area contributed by atoms with Crippen LogP contribution in [0.25, 0.3) is 11.3 Å². The summed E-state index contributed by atoms with van der Waals surface area (Å²) in [5, 5.41) is 0. The van der Waals surface area contributed by atoms with Crippen molar-refractivity contribution in [2.75, 3.05) is 37.3 Å². The summed E-state index contributed by atoms with van der Waals surface area (Å²) in [5.41, 5.74) is 7.79. The SMILES string of the molecule is C=CC(=O)N1CCN(C(=NC)c2cc(F)c(-c3cc(N)ccc3F)nc2N(C=O)c2c(C)ccnc2C(C)C)C(C)C1. The van der Waals surface area contributed by atoms with E-state index in [4.69, 9.17) is 5.73 Å². The van der Waals surface area contributed by atoms with Gasteiger partial charge >= 0.3 is 0 Å². The first kappa shape index (κ1) is 30.3. The minimum atomic E-state index is -0.814. The number of carbonyl (C=O) groups excluding carboxylic acids is 2. The zero-order valence-corrected chi connectivity index (χ0v) is 24.4. The standard InChI is InChI=1S/C31H35F2N7O2/c1-7-26(42)38-12-13-39(20(5)16-38)30(35-6)23-15-25(33)28(22-14-21(34)8-9-24(22)32)37-31(23)40(17-41)29-19(4)10-11-36-27(29)18(2)3/h7-11,14-15,17-18,20H,1,12-13,16,34H2,2-6H3. The monoisotopic (exact) mass is 575 g/mol. The Kier molecular flexibility index (Phi) is 8.99. The number of carbonyl (C=O) groups is 2. The van der Waals surface area contributed by atoms with Crippen LogP contribution in [-0.2, 0) is 9.59 Å². The van der Waals surface area contributed by atoms with Gasteiger partial charge in [-0.1, -0.05) is 20.4 Å². The van der Waals surface area contributed by atoms with E-state index in [0.717, 1.165) is 11.6 Å². The molecule has 9 nitrogen and oxygen atoms in total. The van der Waals surface area contributed by atoms with Crippen LogP contribution in [0.2, 0.25) is 0 Å². The molecule has 1 unspecified atom stereocenters. The molecule has 1 atom stereocenters. The molecule has 0 saturated carbocycles. The summed E-state index contributed by atoms with van der Waals surface area (Å²) in [6.07, 6.45) is 3.53. The summed E-state index contributed by atoms with van der Waals surface area (Å²) in [4.78, 5) is 43.7. The number of nitrogen functional groups attached to an aromatic ring is 1. The van der Waals surface area contributed by atoms with Crippen molar-refractivity contribution in [3.8, 4) is 11.3 Å². The Morgan fingerprint density at radius 2 is 1.95 bits per heavy atom. The Morgan fingerprint density at radius 3 is 2.57 bits per heavy atom. The number of nitrogens with zero attached hydrogens (tertiary/aromatic N) is 6. The highest BCUT2D eigenvalue weighted by Crippen LogP contribution is 2.37. The number of hydrogen-bond acceptors (Lipinski definition) is 6. The Hall–Kier alpha value is -4.67.